The number of amides is 2. The molecule has 0 atom stereocenters. The summed E-state index contributed by atoms with van der Waals surface area (Å²) in [6.07, 6.45) is 1.73. The minimum absolute atomic E-state index is 0.0687. The molecule has 2 aromatic rings. The summed E-state index contributed by atoms with van der Waals surface area (Å²) in [6.45, 7) is 0. The van der Waals surface area contributed by atoms with Crippen molar-refractivity contribution in [1.82, 2.24) is 5.43 Å². The van der Waals surface area contributed by atoms with E-state index >= 15 is 0 Å². The van der Waals surface area contributed by atoms with Gasteiger partial charge in [0.05, 0.1) is 6.21 Å². The molecule has 0 fully saturated rings. The number of halogens is 1. The first-order chi connectivity index (χ1) is 12.4. The molecule has 0 heterocycles. The Morgan fingerprint density at radius 1 is 1.00 bits per heavy atom. The van der Waals surface area contributed by atoms with Crippen molar-refractivity contribution in [3.63, 3.8) is 0 Å². The second kappa shape index (κ2) is 9.72. The minimum Gasteiger partial charge on any atom is -0.378 e. The summed E-state index contributed by atoms with van der Waals surface area (Å²) in [6, 6.07) is 15.0. The Balaban J connectivity index is 1.72. The fourth-order valence-corrected chi connectivity index (χ4v) is 2.34. The Morgan fingerprint density at radius 2 is 1.62 bits per heavy atom. The van der Waals surface area contributed by atoms with Gasteiger partial charge in [-0.1, -0.05) is 28.1 Å². The lowest BCUT2D eigenvalue weighted by molar-refractivity contribution is -0.124. The molecule has 2 N–H and O–H groups in total. The molecular weight excluding hydrogens is 396 g/mol. The molecule has 26 heavy (non-hydrogen) atoms. The van der Waals surface area contributed by atoms with Crippen LogP contribution in [0.2, 0.25) is 0 Å². The number of carbonyl (C=O) groups is 2. The number of nitrogens with one attached hydrogen (secondary N) is 2. The van der Waals surface area contributed by atoms with Gasteiger partial charge in [-0.05, 0) is 42.0 Å². The first-order valence-corrected chi connectivity index (χ1v) is 8.88. The normalized spacial score (nSPS) is 10.6. The van der Waals surface area contributed by atoms with Gasteiger partial charge in [0.15, 0.2) is 0 Å². The van der Waals surface area contributed by atoms with Gasteiger partial charge in [0.2, 0.25) is 11.8 Å². The third kappa shape index (κ3) is 6.68. The maximum Gasteiger partial charge on any atom is 0.240 e. The maximum atomic E-state index is 11.8. The average Bonchev–Trinajstić information content (AvgIpc) is 2.62. The summed E-state index contributed by atoms with van der Waals surface area (Å²) in [4.78, 5) is 25.6. The van der Waals surface area contributed by atoms with Crippen LogP contribution in [-0.4, -0.2) is 32.1 Å². The molecule has 0 spiro atoms. The Bertz CT molecular complexity index is 771. The van der Waals surface area contributed by atoms with E-state index in [0.29, 0.717) is 5.69 Å². The Morgan fingerprint density at radius 3 is 2.23 bits per heavy atom. The number of anilines is 2. The van der Waals surface area contributed by atoms with Gasteiger partial charge in [0.1, 0.15) is 0 Å². The molecule has 0 radical (unpaired) electrons. The van der Waals surface area contributed by atoms with Gasteiger partial charge in [-0.3, -0.25) is 9.59 Å². The summed E-state index contributed by atoms with van der Waals surface area (Å²) in [5.41, 5.74) is 5.09. The topological polar surface area (TPSA) is 73.8 Å². The van der Waals surface area contributed by atoms with Gasteiger partial charge in [-0.25, -0.2) is 5.43 Å². The SMILES string of the molecule is CN(C)c1ccc(C=NNC(=O)CCC(=O)Nc2ccc(Br)cc2)cc1. The molecule has 0 aliphatic rings. The molecule has 0 aliphatic heterocycles. The second-order valence-corrected chi connectivity index (χ2v) is 6.75. The van der Waals surface area contributed by atoms with E-state index in [1.807, 2.05) is 55.4 Å². The predicted octanol–water partition coefficient (Wildman–Crippen LogP) is 3.38. The zero-order chi connectivity index (χ0) is 18.9. The standard InChI is InChI=1S/C19H21BrN4O2/c1-24(2)17-9-3-14(4-10-17)13-21-23-19(26)12-11-18(25)22-16-7-5-15(20)6-8-16/h3-10,13H,11-12H2,1-2H3,(H,22,25)(H,23,26). The van der Waals surface area contributed by atoms with Crippen LogP contribution in [0.15, 0.2) is 58.1 Å². The van der Waals surface area contributed by atoms with Crippen LogP contribution in [0.1, 0.15) is 18.4 Å². The number of hydrogen-bond donors (Lipinski definition) is 2. The predicted molar refractivity (Wildman–Crippen MR) is 109 cm³/mol. The highest BCUT2D eigenvalue weighted by Crippen LogP contribution is 2.14. The van der Waals surface area contributed by atoms with Crippen LogP contribution in [0.25, 0.3) is 0 Å². The molecule has 7 heteroatoms. The fourth-order valence-electron chi connectivity index (χ4n) is 2.08. The summed E-state index contributed by atoms with van der Waals surface area (Å²) < 4.78 is 0.934. The van der Waals surface area contributed by atoms with E-state index in [1.54, 1.807) is 18.3 Å². The average molecular weight is 417 g/mol. The largest absolute Gasteiger partial charge is 0.378 e. The van der Waals surface area contributed by atoms with Crippen molar-refractivity contribution in [2.75, 3.05) is 24.3 Å². The summed E-state index contributed by atoms with van der Waals surface area (Å²) >= 11 is 3.33. The maximum absolute atomic E-state index is 11.8. The van der Waals surface area contributed by atoms with Crippen molar-refractivity contribution in [2.24, 2.45) is 5.10 Å². The highest BCUT2D eigenvalue weighted by Gasteiger charge is 2.06. The highest BCUT2D eigenvalue weighted by atomic mass is 79.9. The van der Waals surface area contributed by atoms with Gasteiger partial charge >= 0.3 is 0 Å². The van der Waals surface area contributed by atoms with Crippen LogP contribution < -0.4 is 15.6 Å². The first-order valence-electron chi connectivity index (χ1n) is 8.09. The van der Waals surface area contributed by atoms with Crippen molar-refractivity contribution < 1.29 is 9.59 Å². The van der Waals surface area contributed by atoms with E-state index in [9.17, 15) is 9.59 Å². The van der Waals surface area contributed by atoms with Crippen LogP contribution in [0.4, 0.5) is 11.4 Å². The van der Waals surface area contributed by atoms with E-state index in [1.165, 1.54) is 0 Å². The van der Waals surface area contributed by atoms with E-state index in [-0.39, 0.29) is 24.7 Å². The summed E-state index contributed by atoms with van der Waals surface area (Å²) in [7, 11) is 3.94. The number of rotatable bonds is 7. The van der Waals surface area contributed by atoms with Gasteiger partial charge in [0.25, 0.3) is 0 Å². The second-order valence-electron chi connectivity index (χ2n) is 5.83. The van der Waals surface area contributed by atoms with Gasteiger partial charge in [0, 0.05) is 42.8 Å². The molecule has 136 valence electrons. The molecule has 2 aromatic carbocycles. The Labute approximate surface area is 161 Å². The molecule has 2 rings (SSSR count). The molecule has 0 saturated heterocycles. The van der Waals surface area contributed by atoms with Crippen molar-refractivity contribution in [1.29, 1.82) is 0 Å². The van der Waals surface area contributed by atoms with Crippen LogP contribution in [0.3, 0.4) is 0 Å². The Kier molecular flexibility index (Phi) is 7.35. The zero-order valence-corrected chi connectivity index (χ0v) is 16.3. The van der Waals surface area contributed by atoms with Crippen molar-refractivity contribution >= 4 is 45.3 Å². The minimum atomic E-state index is -0.308. The molecule has 0 aliphatic carbocycles. The first kappa shape index (κ1) is 19.7. The number of hydrazone groups is 1. The lowest BCUT2D eigenvalue weighted by Gasteiger charge is -2.11. The molecular formula is C19H21BrN4O2. The highest BCUT2D eigenvalue weighted by molar-refractivity contribution is 9.10. The van der Waals surface area contributed by atoms with Crippen molar-refractivity contribution in [3.8, 4) is 0 Å². The van der Waals surface area contributed by atoms with Crippen LogP contribution in [0, 0.1) is 0 Å². The number of carbonyl (C=O) groups excluding carboxylic acids is 2. The lowest BCUT2D eigenvalue weighted by Crippen LogP contribution is -2.20. The molecule has 0 unspecified atom stereocenters. The lowest BCUT2D eigenvalue weighted by atomic mass is 10.2. The third-order valence-electron chi connectivity index (χ3n) is 3.52. The molecule has 0 aromatic heterocycles. The fraction of sp³-hybridized carbons (Fsp3) is 0.211. The Hall–Kier alpha value is -2.67. The molecule has 2 amide bonds. The van der Waals surface area contributed by atoms with Crippen molar-refractivity contribution in [2.45, 2.75) is 12.8 Å². The van der Waals surface area contributed by atoms with Crippen molar-refractivity contribution in [3.05, 3.63) is 58.6 Å². The van der Waals surface area contributed by atoms with E-state index in [4.69, 9.17) is 0 Å². The van der Waals surface area contributed by atoms with Crippen LogP contribution >= 0.6 is 15.9 Å². The number of nitrogens with zero attached hydrogens (tertiary/aromatic N) is 2. The summed E-state index contributed by atoms with van der Waals surface area (Å²) in [5, 5.41) is 6.65. The third-order valence-corrected chi connectivity index (χ3v) is 4.05. The van der Waals surface area contributed by atoms with Gasteiger partial charge in [-0.2, -0.15) is 5.10 Å². The zero-order valence-electron chi connectivity index (χ0n) is 14.7. The number of benzene rings is 2. The molecule has 6 nitrogen and oxygen atoms in total. The van der Waals surface area contributed by atoms with Crippen LogP contribution in [0.5, 0.6) is 0 Å². The number of hydrogen-bond acceptors (Lipinski definition) is 4. The van der Waals surface area contributed by atoms with E-state index in [2.05, 4.69) is 31.8 Å². The molecule has 0 bridgehead atoms. The van der Waals surface area contributed by atoms with E-state index in [0.717, 1.165) is 15.7 Å². The monoisotopic (exact) mass is 416 g/mol. The van der Waals surface area contributed by atoms with E-state index < -0.39 is 0 Å². The van der Waals surface area contributed by atoms with Gasteiger partial charge in [-0.15, -0.1) is 0 Å². The van der Waals surface area contributed by atoms with Gasteiger partial charge < -0.3 is 10.2 Å². The smallest absolute Gasteiger partial charge is 0.240 e. The quantitative estimate of drug-likeness (QED) is 0.536. The summed E-state index contributed by atoms with van der Waals surface area (Å²) in [5.74, 6) is -0.525. The van der Waals surface area contributed by atoms with Crippen LogP contribution in [-0.2, 0) is 9.59 Å². The molecule has 0 saturated carbocycles.